The van der Waals surface area contributed by atoms with Crippen molar-refractivity contribution in [2.45, 2.75) is 52.6 Å². The number of anilines is 1. The molecular formula is C27H33BN2O. The molecule has 1 N–H and O–H groups in total. The molecule has 1 aliphatic rings. The molecule has 0 spiro atoms. The van der Waals surface area contributed by atoms with E-state index < -0.39 is 0 Å². The zero-order valence-electron chi connectivity index (χ0n) is 19.1. The Morgan fingerprint density at radius 1 is 0.903 bits per heavy atom. The fourth-order valence-electron chi connectivity index (χ4n) is 3.85. The van der Waals surface area contributed by atoms with Gasteiger partial charge in [0.1, 0.15) is 0 Å². The molecule has 3 nitrogen and oxygen atoms in total. The van der Waals surface area contributed by atoms with E-state index in [1.807, 2.05) is 27.7 Å². The zero-order valence-corrected chi connectivity index (χ0v) is 19.1. The van der Waals surface area contributed by atoms with Crippen molar-refractivity contribution in [3.8, 4) is 0 Å². The van der Waals surface area contributed by atoms with Crippen molar-refractivity contribution in [2.24, 2.45) is 4.99 Å². The summed E-state index contributed by atoms with van der Waals surface area (Å²) in [6.45, 7) is 8.52. The Morgan fingerprint density at radius 2 is 1.52 bits per heavy atom. The number of nitrogens with one attached hydrogen (secondary N) is 1. The van der Waals surface area contributed by atoms with Crippen LogP contribution in [0.4, 0.5) is 5.69 Å². The quantitative estimate of drug-likeness (QED) is 0.362. The van der Waals surface area contributed by atoms with Crippen molar-refractivity contribution in [2.75, 3.05) is 5.32 Å². The number of aliphatic imine (C=N–C) groups is 1. The first-order valence-corrected chi connectivity index (χ1v) is 11.3. The average Bonchev–Trinajstić information content (AvgIpc) is 2.87. The van der Waals surface area contributed by atoms with Gasteiger partial charge in [0, 0.05) is 0 Å². The number of rotatable bonds is 5. The number of fused-ring (bicyclic) bond motifs is 1. The Labute approximate surface area is 187 Å². The summed E-state index contributed by atoms with van der Waals surface area (Å²) in [5.74, 6) is 0.322. The van der Waals surface area contributed by atoms with Crippen molar-refractivity contribution < 1.29 is 4.70 Å². The Kier molecular flexibility index (Phi) is 10.4. The second-order valence-electron chi connectivity index (χ2n) is 6.85. The molecule has 2 unspecified atom stereocenters. The monoisotopic (exact) mass is 412 g/mol. The van der Waals surface area contributed by atoms with E-state index in [4.69, 9.17) is 0 Å². The van der Waals surface area contributed by atoms with Gasteiger partial charge in [-0.15, -0.1) is 0 Å². The molecule has 0 saturated carbocycles. The van der Waals surface area contributed by atoms with Gasteiger partial charge in [-0.3, -0.25) is 0 Å². The van der Waals surface area contributed by atoms with Gasteiger partial charge in [-0.2, -0.15) is 0 Å². The van der Waals surface area contributed by atoms with Crippen LogP contribution < -0.4 is 5.32 Å². The maximum atomic E-state index is 10.5. The van der Waals surface area contributed by atoms with Gasteiger partial charge in [-0.25, -0.2) is 0 Å². The molecule has 160 valence electrons. The number of hydrogen-bond donors (Lipinski definition) is 1. The summed E-state index contributed by atoms with van der Waals surface area (Å²) in [5.41, 5.74) is 6.23. The number of nitrogens with zero attached hydrogens (tertiary/aromatic N) is 1. The maximum absolute atomic E-state index is 10.5. The minimum atomic E-state index is 0.280. The minimum absolute atomic E-state index is 0.280. The summed E-state index contributed by atoms with van der Waals surface area (Å²) >= 11 is 0. The SMILES string of the molecule is CC.CC.O=BC=NCc1ccc2c(c1)C(c1ccccc1)CC(c1ccccc1)N2. The van der Waals surface area contributed by atoms with Gasteiger partial charge >= 0.3 is 154 Å². The van der Waals surface area contributed by atoms with Crippen LogP contribution in [0.1, 0.15) is 68.3 Å². The van der Waals surface area contributed by atoms with Crippen molar-refractivity contribution in [1.82, 2.24) is 0 Å². The van der Waals surface area contributed by atoms with Gasteiger partial charge in [-0.1, -0.05) is 33.8 Å². The van der Waals surface area contributed by atoms with Gasteiger partial charge < -0.3 is 0 Å². The Hall–Kier alpha value is -3.01. The van der Waals surface area contributed by atoms with Crippen LogP contribution in [0.3, 0.4) is 0 Å². The Bertz CT molecular complexity index is 942. The predicted molar refractivity (Wildman–Crippen MR) is 133 cm³/mol. The summed E-state index contributed by atoms with van der Waals surface area (Å²) in [4.78, 5) is 4.16. The van der Waals surface area contributed by atoms with Crippen LogP contribution >= 0.6 is 0 Å². The van der Waals surface area contributed by atoms with Crippen LogP contribution in [0, 0.1) is 0 Å². The summed E-state index contributed by atoms with van der Waals surface area (Å²) in [5, 5.41) is 3.71. The van der Waals surface area contributed by atoms with Crippen molar-refractivity contribution in [3.63, 3.8) is 0 Å². The van der Waals surface area contributed by atoms with Gasteiger partial charge in [0.25, 0.3) is 0 Å². The molecule has 3 aromatic carbocycles. The van der Waals surface area contributed by atoms with Crippen LogP contribution in [-0.2, 0) is 11.2 Å². The van der Waals surface area contributed by atoms with Gasteiger partial charge in [0.2, 0.25) is 0 Å². The van der Waals surface area contributed by atoms with E-state index in [1.54, 1.807) is 0 Å². The van der Waals surface area contributed by atoms with E-state index in [2.05, 4.69) is 89.2 Å². The van der Waals surface area contributed by atoms with Crippen molar-refractivity contribution in [3.05, 3.63) is 101 Å². The third-order valence-electron chi connectivity index (χ3n) is 5.14. The zero-order chi connectivity index (χ0) is 22.5. The molecule has 1 heterocycles. The van der Waals surface area contributed by atoms with E-state index in [9.17, 15) is 4.70 Å². The molecule has 0 amide bonds. The first-order valence-electron chi connectivity index (χ1n) is 11.3. The van der Waals surface area contributed by atoms with E-state index in [1.165, 1.54) is 28.5 Å². The first-order chi connectivity index (χ1) is 15.3. The van der Waals surface area contributed by atoms with E-state index in [0.29, 0.717) is 12.5 Å². The summed E-state index contributed by atoms with van der Waals surface area (Å²) in [7, 11) is 0.719. The molecule has 1 aliphatic heterocycles. The fraction of sp³-hybridized carbons (Fsp3) is 0.296. The third kappa shape index (κ3) is 6.49. The second-order valence-corrected chi connectivity index (χ2v) is 6.85. The predicted octanol–water partition coefficient (Wildman–Crippen LogP) is 7.01. The molecule has 0 bridgehead atoms. The van der Waals surface area contributed by atoms with Crippen LogP contribution in [0.5, 0.6) is 0 Å². The van der Waals surface area contributed by atoms with E-state index in [0.717, 1.165) is 19.1 Å². The summed E-state index contributed by atoms with van der Waals surface area (Å²) in [6, 6.07) is 28.0. The number of benzene rings is 3. The molecule has 0 saturated heterocycles. The van der Waals surface area contributed by atoms with Crippen LogP contribution in [-0.4, -0.2) is 13.3 Å². The fourth-order valence-corrected chi connectivity index (χ4v) is 3.85. The van der Waals surface area contributed by atoms with Gasteiger partial charge in [0.15, 0.2) is 0 Å². The second kappa shape index (κ2) is 13.3. The third-order valence-corrected chi connectivity index (χ3v) is 5.14. The molecule has 0 aromatic heterocycles. The van der Waals surface area contributed by atoms with Crippen molar-refractivity contribution in [1.29, 1.82) is 0 Å². The molecule has 2 atom stereocenters. The normalized spacial score (nSPS) is 16.5. The standard InChI is InChI=1S/C23H21BN2O.2C2H6/c27-24-16-25-15-17-11-12-22-21(13-17)20(18-7-3-1-4-8-18)14-23(26-22)19-9-5-2-6-10-19;2*1-2/h1-13,16,20,23,26H,14-15H2;2*1-2H3. The average molecular weight is 412 g/mol. The van der Waals surface area contributed by atoms with Gasteiger partial charge in [0.05, 0.1) is 0 Å². The van der Waals surface area contributed by atoms with Crippen LogP contribution in [0.2, 0.25) is 0 Å². The number of hydrogen-bond acceptors (Lipinski definition) is 3. The topological polar surface area (TPSA) is 41.5 Å². The Morgan fingerprint density at radius 3 is 2.13 bits per heavy atom. The van der Waals surface area contributed by atoms with E-state index in [-0.39, 0.29) is 6.04 Å². The molecule has 31 heavy (non-hydrogen) atoms. The van der Waals surface area contributed by atoms with E-state index >= 15 is 0 Å². The van der Waals surface area contributed by atoms with Crippen LogP contribution in [0.15, 0.2) is 83.9 Å². The molecule has 4 rings (SSSR count). The molecule has 3 aromatic rings. The van der Waals surface area contributed by atoms with Crippen LogP contribution in [0.25, 0.3) is 0 Å². The first kappa shape index (κ1) is 24.3. The summed E-state index contributed by atoms with van der Waals surface area (Å²) < 4.78 is 10.5. The molecule has 0 aliphatic carbocycles. The molecular weight excluding hydrogens is 379 g/mol. The molecule has 0 fully saturated rings. The molecule has 0 radical (unpaired) electrons. The molecule has 4 heteroatoms. The summed E-state index contributed by atoms with van der Waals surface area (Å²) in [6.07, 6.45) is 2.32. The van der Waals surface area contributed by atoms with Gasteiger partial charge in [-0.05, 0) is 0 Å². The van der Waals surface area contributed by atoms with Crippen molar-refractivity contribution >= 4 is 19.0 Å². The Balaban J connectivity index is 0.000000807.